The van der Waals surface area contributed by atoms with E-state index in [4.69, 9.17) is 4.84 Å². The molecule has 13 heavy (non-hydrogen) atoms. The van der Waals surface area contributed by atoms with E-state index in [2.05, 4.69) is 18.7 Å². The summed E-state index contributed by atoms with van der Waals surface area (Å²) in [5, 5.41) is 1.78. The number of benzene rings is 1. The lowest BCUT2D eigenvalue weighted by atomic mass is 10.1. The van der Waals surface area contributed by atoms with E-state index in [9.17, 15) is 0 Å². The molecule has 1 rings (SSSR count). The Balaban J connectivity index is 2.63. The minimum Gasteiger partial charge on any atom is -0.302 e. The van der Waals surface area contributed by atoms with Gasteiger partial charge in [0.1, 0.15) is 0 Å². The molecule has 0 aliphatic carbocycles. The van der Waals surface area contributed by atoms with Crippen molar-refractivity contribution in [3.63, 3.8) is 0 Å². The Morgan fingerprint density at radius 1 is 1.38 bits per heavy atom. The van der Waals surface area contributed by atoms with Gasteiger partial charge in [-0.05, 0) is 11.1 Å². The third-order valence-electron chi connectivity index (χ3n) is 1.93. The van der Waals surface area contributed by atoms with Crippen LogP contribution in [0.25, 0.3) is 6.08 Å². The second-order valence-corrected chi connectivity index (χ2v) is 2.91. The van der Waals surface area contributed by atoms with E-state index in [1.54, 1.807) is 12.2 Å². The topological polar surface area (TPSA) is 12.5 Å². The van der Waals surface area contributed by atoms with Crippen molar-refractivity contribution in [3.05, 3.63) is 42.0 Å². The summed E-state index contributed by atoms with van der Waals surface area (Å²) in [7, 11) is 3.57. The summed E-state index contributed by atoms with van der Waals surface area (Å²) in [6.45, 7) is 4.50. The predicted molar refractivity (Wildman–Crippen MR) is 55.0 cm³/mol. The van der Waals surface area contributed by atoms with Crippen LogP contribution in [-0.4, -0.2) is 19.2 Å². The van der Waals surface area contributed by atoms with E-state index in [-0.39, 0.29) is 0 Å². The van der Waals surface area contributed by atoms with Crippen molar-refractivity contribution < 1.29 is 4.84 Å². The van der Waals surface area contributed by atoms with Crippen molar-refractivity contribution in [1.82, 2.24) is 5.06 Å². The van der Waals surface area contributed by atoms with Crippen molar-refractivity contribution in [1.29, 1.82) is 0 Å². The Morgan fingerprint density at radius 3 is 2.46 bits per heavy atom. The third kappa shape index (κ3) is 3.01. The highest BCUT2D eigenvalue weighted by atomic mass is 16.7. The molecule has 1 aromatic rings. The van der Waals surface area contributed by atoms with Crippen LogP contribution < -0.4 is 0 Å². The predicted octanol–water partition coefficient (Wildman–Crippen LogP) is 2.32. The summed E-state index contributed by atoms with van der Waals surface area (Å²) in [4.78, 5) is 5.02. The molecule has 0 radical (unpaired) electrons. The molecule has 1 aromatic carbocycles. The number of rotatable bonds is 4. The zero-order valence-electron chi connectivity index (χ0n) is 8.16. The number of hydrogen-bond donors (Lipinski definition) is 0. The van der Waals surface area contributed by atoms with Gasteiger partial charge >= 0.3 is 0 Å². The molecule has 0 atom stereocenters. The Hall–Kier alpha value is -1.12. The molecule has 0 aromatic heterocycles. The molecule has 0 aliphatic rings. The normalized spacial score (nSPS) is 10.4. The maximum absolute atomic E-state index is 5.02. The molecule has 0 heterocycles. The fourth-order valence-corrected chi connectivity index (χ4v) is 1.08. The second-order valence-electron chi connectivity index (χ2n) is 2.91. The van der Waals surface area contributed by atoms with Gasteiger partial charge in [-0.15, -0.1) is 0 Å². The number of hydrogen-bond acceptors (Lipinski definition) is 2. The first kappa shape index (κ1) is 9.96. The van der Waals surface area contributed by atoms with Gasteiger partial charge in [-0.1, -0.05) is 36.9 Å². The van der Waals surface area contributed by atoms with Crippen molar-refractivity contribution in [2.75, 3.05) is 14.2 Å². The van der Waals surface area contributed by atoms with Gasteiger partial charge in [0.15, 0.2) is 0 Å². The molecule has 0 aliphatic heterocycles. The first-order chi connectivity index (χ1) is 6.26. The van der Waals surface area contributed by atoms with E-state index >= 15 is 0 Å². The molecule has 2 heteroatoms. The largest absolute Gasteiger partial charge is 0.302 e. The highest BCUT2D eigenvalue weighted by Crippen LogP contribution is 2.07. The maximum atomic E-state index is 5.02. The summed E-state index contributed by atoms with van der Waals surface area (Å²) in [5.41, 5.74) is 2.37. The van der Waals surface area contributed by atoms with Gasteiger partial charge < -0.3 is 4.84 Å². The standard InChI is InChI=1S/C11H15NO/c1-4-10-5-7-11(8-6-10)9-12(2)13-3/h4-8H,1,9H2,2-3H3. The van der Waals surface area contributed by atoms with E-state index in [1.165, 1.54) is 5.56 Å². The average Bonchev–Trinajstić information content (AvgIpc) is 2.19. The van der Waals surface area contributed by atoms with Gasteiger partial charge in [0.2, 0.25) is 0 Å². The van der Waals surface area contributed by atoms with Crippen LogP contribution in [0.2, 0.25) is 0 Å². The molecule has 2 nitrogen and oxygen atoms in total. The van der Waals surface area contributed by atoms with Crippen LogP contribution in [0.15, 0.2) is 30.8 Å². The molecule has 0 amide bonds. The van der Waals surface area contributed by atoms with Gasteiger partial charge in [0, 0.05) is 13.6 Å². The second kappa shape index (κ2) is 4.80. The lowest BCUT2D eigenvalue weighted by Crippen LogP contribution is -2.15. The first-order valence-corrected chi connectivity index (χ1v) is 4.23. The lowest BCUT2D eigenvalue weighted by Gasteiger charge is -2.13. The van der Waals surface area contributed by atoms with Crippen LogP contribution in [0.1, 0.15) is 11.1 Å². The minimum absolute atomic E-state index is 0.800. The highest BCUT2D eigenvalue weighted by molar-refractivity contribution is 5.47. The van der Waals surface area contributed by atoms with Crippen molar-refractivity contribution in [2.45, 2.75) is 6.54 Å². The Labute approximate surface area is 79.4 Å². The van der Waals surface area contributed by atoms with Crippen LogP contribution in [-0.2, 0) is 11.4 Å². The molecule has 0 spiro atoms. The molecule has 0 saturated carbocycles. The van der Waals surface area contributed by atoms with Crippen LogP contribution in [0, 0.1) is 0 Å². The van der Waals surface area contributed by atoms with Crippen LogP contribution in [0.3, 0.4) is 0 Å². The average molecular weight is 177 g/mol. The molecular formula is C11H15NO. The first-order valence-electron chi connectivity index (χ1n) is 4.23. The van der Waals surface area contributed by atoms with E-state index < -0.39 is 0 Å². The highest BCUT2D eigenvalue weighted by Gasteiger charge is 1.97. The fraction of sp³-hybridized carbons (Fsp3) is 0.273. The SMILES string of the molecule is C=Cc1ccc(CN(C)OC)cc1. The van der Waals surface area contributed by atoms with Gasteiger partial charge in [0.05, 0.1) is 7.11 Å². The summed E-state index contributed by atoms with van der Waals surface area (Å²) >= 11 is 0. The number of hydroxylamine groups is 2. The Kier molecular flexibility index (Phi) is 3.68. The monoisotopic (exact) mass is 177 g/mol. The molecule has 0 saturated heterocycles. The van der Waals surface area contributed by atoms with Crippen LogP contribution in [0.5, 0.6) is 0 Å². The van der Waals surface area contributed by atoms with E-state index in [0.29, 0.717) is 0 Å². The zero-order valence-corrected chi connectivity index (χ0v) is 8.16. The summed E-state index contributed by atoms with van der Waals surface area (Å²) in [5.74, 6) is 0. The third-order valence-corrected chi connectivity index (χ3v) is 1.93. The van der Waals surface area contributed by atoms with E-state index in [1.807, 2.05) is 25.3 Å². The molecule has 0 fully saturated rings. The van der Waals surface area contributed by atoms with E-state index in [0.717, 1.165) is 12.1 Å². The summed E-state index contributed by atoms with van der Waals surface area (Å²) < 4.78 is 0. The molecule has 0 N–H and O–H groups in total. The zero-order chi connectivity index (χ0) is 9.68. The number of nitrogens with zero attached hydrogens (tertiary/aromatic N) is 1. The quantitative estimate of drug-likeness (QED) is 0.654. The van der Waals surface area contributed by atoms with Gasteiger partial charge in [-0.2, -0.15) is 5.06 Å². The van der Waals surface area contributed by atoms with Crippen molar-refractivity contribution in [2.24, 2.45) is 0 Å². The van der Waals surface area contributed by atoms with Crippen molar-refractivity contribution in [3.8, 4) is 0 Å². The maximum Gasteiger partial charge on any atom is 0.0575 e. The van der Waals surface area contributed by atoms with Crippen molar-refractivity contribution >= 4 is 6.08 Å². The smallest absolute Gasteiger partial charge is 0.0575 e. The summed E-state index contributed by atoms with van der Waals surface area (Å²) in [6.07, 6.45) is 1.84. The lowest BCUT2D eigenvalue weighted by molar-refractivity contribution is -0.116. The molecular weight excluding hydrogens is 162 g/mol. The van der Waals surface area contributed by atoms with Crippen LogP contribution >= 0.6 is 0 Å². The van der Waals surface area contributed by atoms with Gasteiger partial charge in [-0.3, -0.25) is 0 Å². The van der Waals surface area contributed by atoms with Gasteiger partial charge in [0.25, 0.3) is 0 Å². The minimum atomic E-state index is 0.800. The Morgan fingerprint density at radius 2 is 2.00 bits per heavy atom. The molecule has 70 valence electrons. The van der Waals surface area contributed by atoms with Gasteiger partial charge in [-0.25, -0.2) is 0 Å². The molecule has 0 unspecified atom stereocenters. The van der Waals surface area contributed by atoms with Crippen LogP contribution in [0.4, 0.5) is 0 Å². The molecule has 0 bridgehead atoms. The summed E-state index contributed by atoms with van der Waals surface area (Å²) in [6, 6.07) is 8.25. The Bertz CT molecular complexity index is 266. The fourth-order valence-electron chi connectivity index (χ4n) is 1.08.